The fourth-order valence-electron chi connectivity index (χ4n) is 3.31. The summed E-state index contributed by atoms with van der Waals surface area (Å²) in [6.45, 7) is 5.00. The Hall–Kier alpha value is -2.21. The second kappa shape index (κ2) is 7.35. The predicted molar refractivity (Wildman–Crippen MR) is 101 cm³/mol. The smallest absolute Gasteiger partial charge is 0.208 e. The van der Waals surface area contributed by atoms with Crippen molar-refractivity contribution in [3.8, 4) is 0 Å². The Kier molecular flexibility index (Phi) is 4.78. The monoisotopic (exact) mass is 353 g/mol. The second-order valence-electron chi connectivity index (χ2n) is 6.47. The van der Waals surface area contributed by atoms with Gasteiger partial charge in [0.1, 0.15) is 5.01 Å². The van der Waals surface area contributed by atoms with Gasteiger partial charge in [0.2, 0.25) is 5.13 Å². The van der Waals surface area contributed by atoms with Crippen LogP contribution in [0.3, 0.4) is 0 Å². The van der Waals surface area contributed by atoms with Gasteiger partial charge in [0, 0.05) is 31.6 Å². The van der Waals surface area contributed by atoms with Crippen LogP contribution in [0.15, 0.2) is 36.7 Å². The zero-order valence-corrected chi connectivity index (χ0v) is 15.4. The number of hydrogen-bond donors (Lipinski definition) is 0. The van der Waals surface area contributed by atoms with Gasteiger partial charge in [-0.1, -0.05) is 48.6 Å². The molecule has 25 heavy (non-hydrogen) atoms. The van der Waals surface area contributed by atoms with Crippen LogP contribution in [-0.2, 0) is 32.4 Å². The maximum absolute atomic E-state index is 4.67. The van der Waals surface area contributed by atoms with E-state index in [4.69, 9.17) is 0 Å². The Morgan fingerprint density at radius 3 is 2.84 bits per heavy atom. The normalized spacial score (nSPS) is 13.9. The predicted octanol–water partition coefficient (Wildman–Crippen LogP) is 3.49. The number of aryl methyl sites for hydroxylation is 3. The molecule has 1 aliphatic rings. The van der Waals surface area contributed by atoms with E-state index in [1.807, 2.05) is 6.33 Å². The number of hydrogen-bond acceptors (Lipinski definition) is 5. The number of rotatable bonds is 6. The van der Waals surface area contributed by atoms with Crippen molar-refractivity contribution in [2.75, 3.05) is 11.4 Å². The lowest BCUT2D eigenvalue weighted by atomic mass is 10.1. The molecular weight excluding hydrogens is 330 g/mol. The van der Waals surface area contributed by atoms with Crippen molar-refractivity contribution < 1.29 is 0 Å². The minimum absolute atomic E-state index is 0.842. The number of nitrogens with zero attached hydrogens (tertiary/aromatic N) is 5. The highest BCUT2D eigenvalue weighted by Crippen LogP contribution is 2.27. The van der Waals surface area contributed by atoms with Gasteiger partial charge in [-0.15, -0.1) is 10.2 Å². The van der Waals surface area contributed by atoms with Crippen LogP contribution in [0.25, 0.3) is 0 Å². The van der Waals surface area contributed by atoms with Crippen molar-refractivity contribution in [1.29, 1.82) is 0 Å². The SMILES string of the molecule is CCCc1nnc(N2CCc3c(ncn3CCc3ccccc3)C2)s1. The number of aromatic nitrogens is 4. The van der Waals surface area contributed by atoms with E-state index in [9.17, 15) is 0 Å². The summed E-state index contributed by atoms with van der Waals surface area (Å²) in [4.78, 5) is 6.98. The van der Waals surface area contributed by atoms with Gasteiger partial charge in [0.25, 0.3) is 0 Å². The summed E-state index contributed by atoms with van der Waals surface area (Å²) in [6, 6.07) is 10.6. The van der Waals surface area contributed by atoms with Gasteiger partial charge in [-0.25, -0.2) is 4.98 Å². The topological polar surface area (TPSA) is 46.8 Å². The first-order valence-corrected chi connectivity index (χ1v) is 9.79. The van der Waals surface area contributed by atoms with Crippen molar-refractivity contribution in [3.05, 3.63) is 58.6 Å². The van der Waals surface area contributed by atoms with E-state index in [-0.39, 0.29) is 0 Å². The number of fused-ring (bicyclic) bond motifs is 1. The molecular formula is C19H23N5S. The molecule has 0 saturated heterocycles. The molecule has 0 fully saturated rings. The van der Waals surface area contributed by atoms with E-state index in [1.54, 1.807) is 11.3 Å². The maximum Gasteiger partial charge on any atom is 0.208 e. The molecule has 0 N–H and O–H groups in total. The van der Waals surface area contributed by atoms with Crippen LogP contribution in [0.1, 0.15) is 35.3 Å². The molecule has 0 radical (unpaired) electrons. The van der Waals surface area contributed by atoms with E-state index in [1.165, 1.54) is 17.0 Å². The molecule has 0 atom stereocenters. The Morgan fingerprint density at radius 1 is 1.12 bits per heavy atom. The summed E-state index contributed by atoms with van der Waals surface area (Å²) in [5, 5.41) is 10.9. The van der Waals surface area contributed by atoms with E-state index >= 15 is 0 Å². The molecule has 0 aliphatic carbocycles. The maximum atomic E-state index is 4.67. The van der Waals surface area contributed by atoms with Crippen molar-refractivity contribution in [3.63, 3.8) is 0 Å². The zero-order chi connectivity index (χ0) is 17.1. The van der Waals surface area contributed by atoms with E-state index in [0.29, 0.717) is 0 Å². The first-order valence-electron chi connectivity index (χ1n) is 8.97. The molecule has 0 unspecified atom stereocenters. The first-order chi connectivity index (χ1) is 12.3. The molecule has 2 aromatic heterocycles. The number of anilines is 1. The van der Waals surface area contributed by atoms with Crippen LogP contribution in [0.4, 0.5) is 5.13 Å². The highest BCUT2D eigenvalue weighted by Gasteiger charge is 2.23. The fourth-order valence-corrected chi connectivity index (χ4v) is 4.27. The van der Waals surface area contributed by atoms with Crippen molar-refractivity contribution >= 4 is 16.5 Å². The summed E-state index contributed by atoms with van der Waals surface area (Å²) < 4.78 is 2.32. The van der Waals surface area contributed by atoms with Crippen LogP contribution in [-0.4, -0.2) is 26.3 Å². The lowest BCUT2D eigenvalue weighted by Gasteiger charge is -2.26. The Bertz CT molecular complexity index is 823. The van der Waals surface area contributed by atoms with Crippen LogP contribution in [0.2, 0.25) is 0 Å². The van der Waals surface area contributed by atoms with Crippen LogP contribution in [0.5, 0.6) is 0 Å². The number of benzene rings is 1. The average Bonchev–Trinajstić information content (AvgIpc) is 3.28. The molecule has 0 amide bonds. The molecule has 3 aromatic rings. The lowest BCUT2D eigenvalue weighted by Crippen LogP contribution is -2.31. The van der Waals surface area contributed by atoms with Crippen LogP contribution >= 0.6 is 11.3 Å². The van der Waals surface area contributed by atoms with E-state index in [2.05, 4.69) is 61.9 Å². The highest BCUT2D eigenvalue weighted by atomic mass is 32.1. The molecule has 4 rings (SSSR count). The van der Waals surface area contributed by atoms with Crippen LogP contribution < -0.4 is 4.90 Å². The van der Waals surface area contributed by atoms with Gasteiger partial charge in [-0.05, 0) is 18.4 Å². The third kappa shape index (κ3) is 3.58. The minimum atomic E-state index is 0.842. The molecule has 3 heterocycles. The average molecular weight is 353 g/mol. The largest absolute Gasteiger partial charge is 0.340 e. The summed E-state index contributed by atoms with van der Waals surface area (Å²) in [5.74, 6) is 0. The molecule has 6 heteroatoms. The molecule has 0 spiro atoms. The van der Waals surface area contributed by atoms with Crippen LogP contribution in [0, 0.1) is 0 Å². The molecule has 130 valence electrons. The molecule has 0 saturated carbocycles. The van der Waals surface area contributed by atoms with Gasteiger partial charge in [0.05, 0.1) is 18.6 Å². The van der Waals surface area contributed by atoms with Crippen molar-refractivity contribution in [2.24, 2.45) is 0 Å². The third-order valence-corrected chi connectivity index (χ3v) is 5.71. The fraction of sp³-hybridized carbons (Fsp3) is 0.421. The van der Waals surface area contributed by atoms with Gasteiger partial charge < -0.3 is 9.47 Å². The van der Waals surface area contributed by atoms with Crippen molar-refractivity contribution in [1.82, 2.24) is 19.7 Å². The summed E-state index contributed by atoms with van der Waals surface area (Å²) in [5.41, 5.74) is 3.94. The van der Waals surface area contributed by atoms with Gasteiger partial charge in [-0.3, -0.25) is 0 Å². The minimum Gasteiger partial charge on any atom is -0.340 e. The second-order valence-corrected chi connectivity index (χ2v) is 7.51. The molecule has 5 nitrogen and oxygen atoms in total. The Labute approximate surface area is 152 Å². The molecule has 0 bridgehead atoms. The first kappa shape index (κ1) is 16.3. The lowest BCUT2D eigenvalue weighted by molar-refractivity contribution is 0.623. The summed E-state index contributed by atoms with van der Waals surface area (Å²) in [6.07, 6.45) is 6.20. The van der Waals surface area contributed by atoms with Crippen molar-refractivity contribution in [2.45, 2.75) is 45.7 Å². The third-order valence-electron chi connectivity index (χ3n) is 4.67. The standard InChI is InChI=1S/C19H23N5S/c1-2-6-18-21-22-19(25-18)23-12-10-17-16(13-23)20-14-24(17)11-9-15-7-4-3-5-8-15/h3-5,7-8,14H,2,6,9-13H2,1H3. The molecule has 1 aromatic carbocycles. The van der Waals surface area contributed by atoms with E-state index < -0.39 is 0 Å². The Balaban J connectivity index is 1.43. The summed E-state index contributed by atoms with van der Waals surface area (Å²) in [7, 11) is 0. The van der Waals surface area contributed by atoms with Gasteiger partial charge in [-0.2, -0.15) is 0 Å². The highest BCUT2D eigenvalue weighted by molar-refractivity contribution is 7.15. The van der Waals surface area contributed by atoms with Gasteiger partial charge in [0.15, 0.2) is 0 Å². The summed E-state index contributed by atoms with van der Waals surface area (Å²) >= 11 is 1.72. The Morgan fingerprint density at radius 2 is 2.00 bits per heavy atom. The number of imidazole rings is 1. The zero-order valence-electron chi connectivity index (χ0n) is 14.6. The quantitative estimate of drug-likeness (QED) is 0.680. The van der Waals surface area contributed by atoms with E-state index in [0.717, 1.165) is 55.5 Å². The van der Waals surface area contributed by atoms with Gasteiger partial charge >= 0.3 is 0 Å². The molecule has 1 aliphatic heterocycles.